The number of nitrogens with one attached hydrogen (secondary N) is 4. The molecule has 0 radical (unpaired) electrons. The minimum absolute atomic E-state index is 0.514. The summed E-state index contributed by atoms with van der Waals surface area (Å²) in [6.07, 6.45) is 0. The van der Waals surface area contributed by atoms with E-state index < -0.39 is 0 Å². The smallest absolute Gasteiger partial charge is 0.207 e. The number of aromatic nitrogens is 2. The van der Waals surface area contributed by atoms with Crippen molar-refractivity contribution >= 4 is 17.5 Å². The monoisotopic (exact) mass is 316 g/mol. The van der Waals surface area contributed by atoms with Crippen molar-refractivity contribution in [2.45, 2.75) is 6.92 Å². The summed E-state index contributed by atoms with van der Waals surface area (Å²) in [7, 11) is 5.09. The van der Waals surface area contributed by atoms with E-state index >= 15 is 0 Å². The number of hydrogen-bond acceptors (Lipinski definition) is 7. The van der Waals surface area contributed by atoms with Crippen LogP contribution in [0.3, 0.4) is 0 Å². The second kappa shape index (κ2) is 6.07. The number of imidazole rings is 1. The van der Waals surface area contributed by atoms with E-state index in [0.29, 0.717) is 18.4 Å². The molecule has 0 saturated carbocycles. The number of anilines is 2. The van der Waals surface area contributed by atoms with Crippen molar-refractivity contribution in [1.29, 1.82) is 0 Å². The molecule has 3 rings (SSSR count). The Morgan fingerprint density at radius 3 is 2.74 bits per heavy atom. The lowest BCUT2D eigenvalue weighted by atomic mass is 10.2. The van der Waals surface area contributed by atoms with Crippen LogP contribution in [0, 0.1) is 6.92 Å². The van der Waals surface area contributed by atoms with E-state index in [-0.39, 0.29) is 0 Å². The normalized spacial score (nSPS) is 12.8. The number of fused-ring (bicyclic) bond motifs is 1. The first-order valence-corrected chi connectivity index (χ1v) is 7.22. The molecule has 0 unspecified atom stereocenters. The maximum atomic E-state index is 5.37. The number of nitrogens with zero attached hydrogens (tertiary/aromatic N) is 2. The van der Waals surface area contributed by atoms with Crippen molar-refractivity contribution in [2.75, 3.05) is 33.3 Å². The highest BCUT2D eigenvalue weighted by Gasteiger charge is 2.12. The highest BCUT2D eigenvalue weighted by molar-refractivity contribution is 5.63. The van der Waals surface area contributed by atoms with Crippen molar-refractivity contribution in [3.05, 3.63) is 28.5 Å². The fourth-order valence-corrected chi connectivity index (χ4v) is 2.56. The van der Waals surface area contributed by atoms with Gasteiger partial charge < -0.3 is 30.4 Å². The van der Waals surface area contributed by atoms with Gasteiger partial charge in [-0.3, -0.25) is 0 Å². The highest BCUT2D eigenvalue weighted by atomic mass is 16.5. The molecule has 1 aromatic heterocycles. The summed E-state index contributed by atoms with van der Waals surface area (Å²) < 4.78 is 10.7. The Bertz CT molecular complexity index is 842. The summed E-state index contributed by atoms with van der Waals surface area (Å²) in [6, 6.07) is 3.84. The third-order valence-corrected chi connectivity index (χ3v) is 3.59. The van der Waals surface area contributed by atoms with Gasteiger partial charge in [0.2, 0.25) is 5.95 Å². The second-order valence-electron chi connectivity index (χ2n) is 5.05. The predicted molar refractivity (Wildman–Crippen MR) is 87.4 cm³/mol. The third-order valence-electron chi connectivity index (χ3n) is 3.59. The molecular weight excluding hydrogens is 296 g/mol. The molecule has 0 atom stereocenters. The van der Waals surface area contributed by atoms with Gasteiger partial charge in [0.05, 0.1) is 14.2 Å². The zero-order valence-corrected chi connectivity index (χ0v) is 13.6. The van der Waals surface area contributed by atoms with Crippen LogP contribution in [0.25, 0.3) is 5.82 Å². The molecule has 1 aliphatic rings. The van der Waals surface area contributed by atoms with Gasteiger partial charge in [0.1, 0.15) is 17.8 Å². The Morgan fingerprint density at radius 2 is 2.04 bits per heavy atom. The lowest BCUT2D eigenvalue weighted by molar-refractivity contribution is 0.353. The summed E-state index contributed by atoms with van der Waals surface area (Å²) in [4.78, 5) is 12.1. The number of hydrogen-bond donors (Lipinski definition) is 4. The van der Waals surface area contributed by atoms with Gasteiger partial charge in [-0.05, 0) is 18.6 Å². The summed E-state index contributed by atoms with van der Waals surface area (Å²) in [5.74, 6) is 2.85. The van der Waals surface area contributed by atoms with Crippen LogP contribution in [0.15, 0.2) is 17.1 Å². The molecule has 0 saturated heterocycles. The molecule has 0 fully saturated rings. The topological polar surface area (TPSA) is 95.6 Å². The van der Waals surface area contributed by atoms with Crippen molar-refractivity contribution in [1.82, 2.24) is 20.6 Å². The zero-order valence-electron chi connectivity index (χ0n) is 13.6. The van der Waals surface area contributed by atoms with Gasteiger partial charge in [0.25, 0.3) is 0 Å². The molecule has 0 amide bonds. The molecule has 2 aromatic rings. The molecule has 23 heavy (non-hydrogen) atoms. The van der Waals surface area contributed by atoms with Crippen LogP contribution >= 0.6 is 0 Å². The zero-order chi connectivity index (χ0) is 16.4. The van der Waals surface area contributed by atoms with Gasteiger partial charge in [-0.15, -0.1) is 0 Å². The molecule has 1 aromatic carbocycles. The predicted octanol–water partition coefficient (Wildman–Crippen LogP) is -0.0557. The Hall–Kier alpha value is -2.90. The fraction of sp³-hybridized carbons (Fsp3) is 0.333. The van der Waals surface area contributed by atoms with Crippen molar-refractivity contribution in [3.63, 3.8) is 0 Å². The van der Waals surface area contributed by atoms with Crippen molar-refractivity contribution < 1.29 is 9.47 Å². The fourth-order valence-electron chi connectivity index (χ4n) is 2.56. The van der Waals surface area contributed by atoms with Crippen LogP contribution in [0.1, 0.15) is 5.56 Å². The van der Waals surface area contributed by atoms with Crippen LogP contribution < -0.4 is 36.3 Å². The summed E-state index contributed by atoms with van der Waals surface area (Å²) in [5, 5.41) is 10.2. The largest absolute Gasteiger partial charge is 0.493 e. The van der Waals surface area contributed by atoms with E-state index in [4.69, 9.17) is 9.47 Å². The van der Waals surface area contributed by atoms with Crippen LogP contribution in [0.2, 0.25) is 0 Å². The van der Waals surface area contributed by atoms with Crippen LogP contribution in [0.4, 0.5) is 11.6 Å². The number of H-pyrrole nitrogens is 1. The van der Waals surface area contributed by atoms with Crippen molar-refractivity contribution in [3.8, 4) is 11.5 Å². The summed E-state index contributed by atoms with van der Waals surface area (Å²) >= 11 is 0. The first-order chi connectivity index (χ1) is 11.2. The van der Waals surface area contributed by atoms with Gasteiger partial charge in [-0.25, -0.2) is 9.98 Å². The Balaban J connectivity index is 1.98. The SMILES string of the molecule is CNC1=c2nc(Nc3cc(C)c(OC)c(OC)c3)[nH]c2=NCN1. The number of rotatable bonds is 5. The van der Waals surface area contributed by atoms with Crippen molar-refractivity contribution in [2.24, 2.45) is 4.99 Å². The van der Waals surface area contributed by atoms with Gasteiger partial charge >= 0.3 is 0 Å². The molecule has 4 N–H and O–H groups in total. The molecule has 8 heteroatoms. The average Bonchev–Trinajstić information content (AvgIpc) is 2.96. The van der Waals surface area contributed by atoms with Gasteiger partial charge in [-0.2, -0.15) is 0 Å². The minimum atomic E-state index is 0.514. The third kappa shape index (κ3) is 2.75. The van der Waals surface area contributed by atoms with E-state index in [1.807, 2.05) is 26.1 Å². The molecule has 2 heterocycles. The highest BCUT2D eigenvalue weighted by Crippen LogP contribution is 2.34. The second-order valence-corrected chi connectivity index (χ2v) is 5.05. The first-order valence-electron chi connectivity index (χ1n) is 7.22. The molecule has 8 nitrogen and oxygen atoms in total. The molecule has 0 spiro atoms. The standard InChI is InChI=1S/C15H20N6O2/c1-8-5-9(6-10(22-3)12(8)23-4)19-15-20-11-13(16-2)17-7-18-14(11)21-15/h5-6,16-17H,7H2,1-4H3,(H2,18,19,20,21). The lowest BCUT2D eigenvalue weighted by Crippen LogP contribution is -2.42. The Kier molecular flexibility index (Phi) is 3.96. The van der Waals surface area contributed by atoms with E-state index in [9.17, 15) is 0 Å². The lowest BCUT2D eigenvalue weighted by Gasteiger charge is -2.13. The number of aryl methyl sites for hydroxylation is 1. The molecule has 0 aliphatic carbocycles. The van der Waals surface area contributed by atoms with Gasteiger partial charge in [-0.1, -0.05) is 0 Å². The quantitative estimate of drug-likeness (QED) is 0.617. The van der Waals surface area contributed by atoms with Crippen LogP contribution in [-0.2, 0) is 0 Å². The number of benzene rings is 1. The maximum absolute atomic E-state index is 5.37. The molecule has 0 bridgehead atoms. The molecule has 1 aliphatic heterocycles. The first kappa shape index (κ1) is 15.0. The van der Waals surface area contributed by atoms with Crippen LogP contribution in [-0.4, -0.2) is 37.9 Å². The van der Waals surface area contributed by atoms with Crippen LogP contribution in [0.5, 0.6) is 11.5 Å². The van der Waals surface area contributed by atoms with E-state index in [0.717, 1.165) is 33.7 Å². The number of ether oxygens (including phenoxy) is 2. The van der Waals surface area contributed by atoms with E-state index in [2.05, 4.69) is 30.9 Å². The average molecular weight is 316 g/mol. The maximum Gasteiger partial charge on any atom is 0.207 e. The summed E-state index contributed by atoms with van der Waals surface area (Å²) in [5.41, 5.74) is 2.57. The number of methoxy groups -OCH3 is 2. The minimum Gasteiger partial charge on any atom is -0.493 e. The molecular formula is C15H20N6O2. The number of aromatic amines is 1. The summed E-state index contributed by atoms with van der Waals surface area (Å²) in [6.45, 7) is 2.48. The Morgan fingerprint density at radius 1 is 1.22 bits per heavy atom. The molecule has 122 valence electrons. The van der Waals surface area contributed by atoms with Gasteiger partial charge in [0, 0.05) is 18.8 Å². The Labute approximate surface area is 133 Å². The van der Waals surface area contributed by atoms with Gasteiger partial charge in [0.15, 0.2) is 17.0 Å². The van der Waals surface area contributed by atoms with E-state index in [1.165, 1.54) is 0 Å². The van der Waals surface area contributed by atoms with E-state index in [1.54, 1.807) is 14.2 Å².